The third-order valence-electron chi connectivity index (χ3n) is 8.80. The van der Waals surface area contributed by atoms with Gasteiger partial charge in [0.15, 0.2) is 11.8 Å². The minimum absolute atomic E-state index is 0.254. The Kier molecular flexibility index (Phi) is 7.08. The van der Waals surface area contributed by atoms with Crippen LogP contribution in [0, 0.1) is 13.8 Å². The number of hydrogen-bond donors (Lipinski definition) is 1. The van der Waals surface area contributed by atoms with Gasteiger partial charge in [0.25, 0.3) is 0 Å². The largest absolute Gasteiger partial charge is 0.493 e. The molecule has 1 N–H and O–H groups in total. The number of fused-ring (bicyclic) bond motifs is 3. The lowest BCUT2D eigenvalue weighted by Gasteiger charge is -2.24. The lowest BCUT2D eigenvalue weighted by Crippen LogP contribution is -2.19. The summed E-state index contributed by atoms with van der Waals surface area (Å²) in [5.41, 5.74) is 10.3. The first-order chi connectivity index (χ1) is 21.8. The average molecular weight is 603 g/mol. The Bertz CT molecular complexity index is 2130. The number of nitrogens with zero attached hydrogens (tertiary/aromatic N) is 6. The minimum Gasteiger partial charge on any atom is -0.493 e. The number of rotatable bonds is 7. The lowest BCUT2D eigenvalue weighted by molar-refractivity contribution is -0.150. The summed E-state index contributed by atoms with van der Waals surface area (Å²) in [6.07, 6.45) is 6.09. The van der Waals surface area contributed by atoms with Crippen molar-refractivity contribution >= 4 is 28.0 Å². The first kappa shape index (κ1) is 28.7. The number of hydrogen-bond acceptors (Lipinski definition) is 7. The quantitative estimate of drug-likeness (QED) is 0.225. The van der Waals surface area contributed by atoms with Gasteiger partial charge in [-0.05, 0) is 80.6 Å². The van der Waals surface area contributed by atoms with Gasteiger partial charge in [-0.3, -0.25) is 9.67 Å². The van der Waals surface area contributed by atoms with Crippen LogP contribution in [-0.2, 0) is 30.0 Å². The predicted molar refractivity (Wildman–Crippen MR) is 172 cm³/mol. The van der Waals surface area contributed by atoms with Crippen LogP contribution in [0.2, 0.25) is 0 Å². The molecule has 6 aromatic rings. The van der Waals surface area contributed by atoms with E-state index in [2.05, 4.69) is 32.6 Å². The Labute approximate surface area is 260 Å². The summed E-state index contributed by atoms with van der Waals surface area (Å²) in [7, 11) is 3.86. The summed E-state index contributed by atoms with van der Waals surface area (Å²) in [5.74, 6) is -0.155. The molecule has 45 heavy (non-hydrogen) atoms. The zero-order valence-corrected chi connectivity index (χ0v) is 26.0. The van der Waals surface area contributed by atoms with Crippen molar-refractivity contribution in [3.8, 4) is 39.4 Å². The van der Waals surface area contributed by atoms with Crippen LogP contribution < -0.4 is 4.74 Å². The van der Waals surface area contributed by atoms with Crippen LogP contribution in [0.3, 0.4) is 0 Å². The van der Waals surface area contributed by atoms with Gasteiger partial charge in [-0.2, -0.15) is 5.10 Å². The molecule has 10 heteroatoms. The molecule has 0 amide bonds. The first-order valence-electron chi connectivity index (χ1n) is 15.1. The average Bonchev–Trinajstić information content (AvgIpc) is 3.58. The van der Waals surface area contributed by atoms with E-state index in [0.717, 1.165) is 85.4 Å². The second kappa shape index (κ2) is 11.1. The molecule has 1 aliphatic rings. The molecule has 1 atom stereocenters. The van der Waals surface area contributed by atoms with E-state index >= 15 is 0 Å². The van der Waals surface area contributed by atoms with Gasteiger partial charge in [0.05, 0.1) is 24.2 Å². The summed E-state index contributed by atoms with van der Waals surface area (Å²) in [5, 5.41) is 16.4. The van der Waals surface area contributed by atoms with Gasteiger partial charge >= 0.3 is 5.97 Å². The Hall–Kier alpha value is -5.09. The van der Waals surface area contributed by atoms with Crippen LogP contribution in [0.15, 0.2) is 55.0 Å². The zero-order valence-electron chi connectivity index (χ0n) is 26.0. The molecule has 6 heterocycles. The van der Waals surface area contributed by atoms with Gasteiger partial charge in [0.1, 0.15) is 11.4 Å². The van der Waals surface area contributed by atoms with Crippen molar-refractivity contribution in [3.05, 3.63) is 77.4 Å². The Balaban J connectivity index is 1.46. The standard InChI is InChI=1S/C35H34N6O4/c1-6-44-32(35(42)43)30-20(3)39-34-26(31(30)25-9-10-29-24(19(25)2)8-7-13-45-29)16-28(40(34)4)21-11-12-36-27(15-21)22-14-23-18-38-41(5)33(23)37-17-22/h9-12,14-18,32H,6-8,13H2,1-5H3,(H,42,43)/t32-/m0/s1. The second-order valence-electron chi connectivity index (χ2n) is 11.5. The van der Waals surface area contributed by atoms with Gasteiger partial charge in [-0.15, -0.1) is 0 Å². The molecule has 0 fully saturated rings. The van der Waals surface area contributed by atoms with Crippen molar-refractivity contribution in [2.45, 2.75) is 39.7 Å². The molecule has 0 spiro atoms. The van der Waals surface area contributed by atoms with E-state index in [0.29, 0.717) is 17.9 Å². The fourth-order valence-corrected chi connectivity index (χ4v) is 6.60. The number of benzene rings is 1. The summed E-state index contributed by atoms with van der Waals surface area (Å²) in [6, 6.07) is 12.2. The highest BCUT2D eigenvalue weighted by Crippen LogP contribution is 2.44. The van der Waals surface area contributed by atoms with Gasteiger partial charge in [0, 0.05) is 71.8 Å². The molecule has 1 aliphatic heterocycles. The van der Waals surface area contributed by atoms with Gasteiger partial charge in [0.2, 0.25) is 0 Å². The molecule has 10 nitrogen and oxygen atoms in total. The number of pyridine rings is 3. The fourth-order valence-electron chi connectivity index (χ4n) is 6.60. The van der Waals surface area contributed by atoms with Crippen molar-refractivity contribution in [2.24, 2.45) is 14.1 Å². The maximum absolute atomic E-state index is 12.6. The highest BCUT2D eigenvalue weighted by Gasteiger charge is 2.31. The highest BCUT2D eigenvalue weighted by molar-refractivity contribution is 6.01. The monoisotopic (exact) mass is 602 g/mol. The van der Waals surface area contributed by atoms with Gasteiger partial charge < -0.3 is 19.1 Å². The molecule has 1 aromatic carbocycles. The summed E-state index contributed by atoms with van der Waals surface area (Å²) >= 11 is 0. The number of aromatic nitrogens is 6. The number of ether oxygens (including phenoxy) is 2. The molecule has 0 aliphatic carbocycles. The molecule has 228 valence electrons. The van der Waals surface area contributed by atoms with E-state index in [1.807, 2.05) is 64.5 Å². The van der Waals surface area contributed by atoms with Crippen LogP contribution in [0.1, 0.15) is 41.8 Å². The molecular weight excluding hydrogens is 568 g/mol. The van der Waals surface area contributed by atoms with E-state index in [9.17, 15) is 9.90 Å². The third kappa shape index (κ3) is 4.73. The number of carboxylic acids is 1. The summed E-state index contributed by atoms with van der Waals surface area (Å²) in [6.45, 7) is 6.72. The zero-order chi connectivity index (χ0) is 31.4. The molecule has 5 aromatic heterocycles. The normalized spacial score (nSPS) is 13.6. The smallest absolute Gasteiger partial charge is 0.337 e. The molecule has 7 rings (SSSR count). The predicted octanol–water partition coefficient (Wildman–Crippen LogP) is 6.36. The van der Waals surface area contributed by atoms with Crippen LogP contribution in [0.4, 0.5) is 0 Å². The minimum atomic E-state index is -1.17. The number of carbonyl (C=O) groups is 1. The second-order valence-corrected chi connectivity index (χ2v) is 11.5. The molecule has 0 saturated carbocycles. The fraction of sp³-hybridized carbons (Fsp3) is 0.286. The van der Waals surface area contributed by atoms with Crippen LogP contribution in [-0.4, -0.2) is 53.6 Å². The van der Waals surface area contributed by atoms with Crippen molar-refractivity contribution in [2.75, 3.05) is 13.2 Å². The number of aryl methyl sites for hydroxylation is 3. The van der Waals surface area contributed by atoms with E-state index in [4.69, 9.17) is 14.5 Å². The summed E-state index contributed by atoms with van der Waals surface area (Å²) < 4.78 is 15.6. The van der Waals surface area contributed by atoms with Gasteiger partial charge in [-0.25, -0.2) is 14.8 Å². The first-order valence-corrected chi connectivity index (χ1v) is 15.1. The van der Waals surface area contributed by atoms with E-state index in [-0.39, 0.29) is 6.61 Å². The maximum atomic E-state index is 12.6. The van der Waals surface area contributed by atoms with Gasteiger partial charge in [-0.1, -0.05) is 6.07 Å². The molecule has 0 saturated heterocycles. The van der Waals surface area contributed by atoms with Crippen LogP contribution in [0.25, 0.3) is 55.7 Å². The molecule has 0 unspecified atom stereocenters. The van der Waals surface area contributed by atoms with E-state index < -0.39 is 12.1 Å². The SMILES string of the molecule is CCO[C@H](C(=O)O)c1c(C)nc2c(cc(-c3ccnc(-c4cnc5c(cnn5C)c4)c3)n2C)c1-c1ccc2c(c1C)CCCO2. The lowest BCUT2D eigenvalue weighted by atomic mass is 9.87. The van der Waals surface area contributed by atoms with Crippen molar-refractivity contribution in [1.82, 2.24) is 29.3 Å². The molecule has 0 radical (unpaired) electrons. The van der Waals surface area contributed by atoms with E-state index in [1.165, 1.54) is 0 Å². The molecular formula is C35H34N6O4. The van der Waals surface area contributed by atoms with Crippen molar-refractivity contribution < 1.29 is 19.4 Å². The van der Waals surface area contributed by atoms with Crippen molar-refractivity contribution in [3.63, 3.8) is 0 Å². The number of aliphatic carboxylic acids is 1. The Morgan fingerprint density at radius 2 is 1.91 bits per heavy atom. The van der Waals surface area contributed by atoms with E-state index in [1.54, 1.807) is 17.1 Å². The third-order valence-corrected chi connectivity index (χ3v) is 8.80. The Morgan fingerprint density at radius 1 is 1.07 bits per heavy atom. The summed E-state index contributed by atoms with van der Waals surface area (Å²) in [4.78, 5) is 26.9. The highest BCUT2D eigenvalue weighted by atomic mass is 16.5. The molecule has 0 bridgehead atoms. The van der Waals surface area contributed by atoms with Crippen LogP contribution in [0.5, 0.6) is 5.75 Å². The number of carboxylic acid groups (broad SMARTS) is 1. The van der Waals surface area contributed by atoms with Crippen molar-refractivity contribution in [1.29, 1.82) is 0 Å². The topological polar surface area (TPSA) is 117 Å². The van der Waals surface area contributed by atoms with Crippen LogP contribution >= 0.6 is 0 Å². The maximum Gasteiger partial charge on any atom is 0.337 e. The Morgan fingerprint density at radius 3 is 2.71 bits per heavy atom.